The van der Waals surface area contributed by atoms with Crippen LogP contribution in [0.15, 0.2) is 18.2 Å². The fraction of sp³-hybridized carbons (Fsp3) is 0.400. The van der Waals surface area contributed by atoms with Crippen molar-refractivity contribution in [1.29, 1.82) is 0 Å². The first-order valence-electron chi connectivity index (χ1n) is 6.62. The lowest BCUT2D eigenvalue weighted by Gasteiger charge is -2.12. The van der Waals surface area contributed by atoms with Gasteiger partial charge in [0, 0.05) is 22.0 Å². The normalized spacial score (nSPS) is 16.4. The molecule has 1 aromatic heterocycles. The topological polar surface area (TPSA) is 49.3 Å². The third kappa shape index (κ3) is 2.43. The summed E-state index contributed by atoms with van der Waals surface area (Å²) in [6.07, 6.45) is 1.95. The van der Waals surface area contributed by atoms with Crippen molar-refractivity contribution < 1.29 is 9.90 Å². The van der Waals surface area contributed by atoms with Gasteiger partial charge >= 0.3 is 0 Å². The van der Waals surface area contributed by atoms with Crippen molar-refractivity contribution in [2.45, 2.75) is 19.8 Å². The molecule has 0 unspecified atom stereocenters. The van der Waals surface area contributed by atoms with Gasteiger partial charge < -0.3 is 10.4 Å². The quantitative estimate of drug-likeness (QED) is 0.910. The molecule has 0 aliphatic heterocycles. The van der Waals surface area contributed by atoms with E-state index in [-0.39, 0.29) is 17.9 Å². The Kier molecular flexibility index (Phi) is 3.48. The molecule has 0 atom stereocenters. The summed E-state index contributed by atoms with van der Waals surface area (Å²) < 4.78 is 1.03. The molecule has 1 fully saturated rings. The minimum atomic E-state index is -0.145. The number of rotatable bonds is 4. The highest BCUT2D eigenvalue weighted by Gasteiger charge is 2.42. The molecule has 0 spiro atoms. The minimum Gasteiger partial charge on any atom is -0.396 e. The molecule has 0 radical (unpaired) electrons. The number of aryl methyl sites for hydroxylation is 1. The molecule has 3 nitrogen and oxygen atoms in total. The average molecular weight is 310 g/mol. The van der Waals surface area contributed by atoms with Crippen LogP contribution in [0.3, 0.4) is 0 Å². The highest BCUT2D eigenvalue weighted by atomic mass is 35.5. The van der Waals surface area contributed by atoms with Gasteiger partial charge in [-0.15, -0.1) is 11.3 Å². The van der Waals surface area contributed by atoms with E-state index in [2.05, 4.69) is 5.32 Å². The van der Waals surface area contributed by atoms with Gasteiger partial charge in [-0.2, -0.15) is 0 Å². The number of nitrogens with one attached hydrogen (secondary N) is 1. The van der Waals surface area contributed by atoms with E-state index in [4.69, 9.17) is 11.6 Å². The maximum atomic E-state index is 12.2. The van der Waals surface area contributed by atoms with Crippen molar-refractivity contribution in [3.05, 3.63) is 33.7 Å². The molecule has 106 valence electrons. The molecule has 1 aromatic carbocycles. The largest absolute Gasteiger partial charge is 0.396 e. The molecule has 20 heavy (non-hydrogen) atoms. The maximum absolute atomic E-state index is 12.2. The lowest BCUT2D eigenvalue weighted by Crippen LogP contribution is -2.31. The number of benzene rings is 1. The molecular formula is C15H16ClNO2S. The number of aliphatic hydroxyl groups is 1. The molecule has 1 amide bonds. The number of carbonyl (C=O) groups is 1. The number of halogens is 1. The van der Waals surface area contributed by atoms with Crippen LogP contribution in [0.25, 0.3) is 10.1 Å². The van der Waals surface area contributed by atoms with Gasteiger partial charge in [0.25, 0.3) is 5.91 Å². The predicted octanol–water partition coefficient (Wildman–Crippen LogP) is 3.37. The lowest BCUT2D eigenvalue weighted by molar-refractivity contribution is 0.0939. The first kappa shape index (κ1) is 13.9. The predicted molar refractivity (Wildman–Crippen MR) is 82.7 cm³/mol. The van der Waals surface area contributed by atoms with Crippen LogP contribution < -0.4 is 5.32 Å². The molecule has 0 saturated heterocycles. The van der Waals surface area contributed by atoms with E-state index in [1.54, 1.807) is 0 Å². The van der Waals surface area contributed by atoms with Crippen LogP contribution in [0.1, 0.15) is 28.1 Å². The zero-order chi connectivity index (χ0) is 14.3. The number of carbonyl (C=O) groups excluding carboxylic acids is 1. The van der Waals surface area contributed by atoms with Crippen molar-refractivity contribution in [2.24, 2.45) is 5.41 Å². The Morgan fingerprint density at radius 1 is 1.50 bits per heavy atom. The maximum Gasteiger partial charge on any atom is 0.262 e. The van der Waals surface area contributed by atoms with Gasteiger partial charge in [0.15, 0.2) is 0 Å². The fourth-order valence-electron chi connectivity index (χ4n) is 2.23. The van der Waals surface area contributed by atoms with Crippen LogP contribution in [-0.2, 0) is 0 Å². The van der Waals surface area contributed by atoms with Crippen LogP contribution in [0.2, 0.25) is 5.02 Å². The van der Waals surface area contributed by atoms with Crippen molar-refractivity contribution in [3.63, 3.8) is 0 Å². The van der Waals surface area contributed by atoms with Gasteiger partial charge in [-0.05, 0) is 31.4 Å². The number of aliphatic hydroxyl groups excluding tert-OH is 1. The molecule has 2 aromatic rings. The smallest absolute Gasteiger partial charge is 0.262 e. The summed E-state index contributed by atoms with van der Waals surface area (Å²) in [7, 11) is 0. The second kappa shape index (κ2) is 5.02. The zero-order valence-corrected chi connectivity index (χ0v) is 12.8. The Morgan fingerprint density at radius 2 is 2.25 bits per heavy atom. The monoisotopic (exact) mass is 309 g/mol. The molecule has 2 N–H and O–H groups in total. The molecule has 3 rings (SSSR count). The summed E-state index contributed by atoms with van der Waals surface area (Å²) in [6, 6.07) is 5.99. The molecule has 1 aliphatic carbocycles. The van der Waals surface area contributed by atoms with E-state index in [1.807, 2.05) is 25.1 Å². The molecule has 1 heterocycles. The van der Waals surface area contributed by atoms with Gasteiger partial charge in [-0.3, -0.25) is 4.79 Å². The molecule has 1 saturated carbocycles. The molecule has 1 aliphatic rings. The van der Waals surface area contributed by atoms with Gasteiger partial charge in [0.1, 0.15) is 4.88 Å². The van der Waals surface area contributed by atoms with E-state index in [9.17, 15) is 9.90 Å². The Morgan fingerprint density at radius 3 is 2.90 bits per heavy atom. The third-order valence-electron chi connectivity index (χ3n) is 3.91. The first-order chi connectivity index (χ1) is 9.54. The summed E-state index contributed by atoms with van der Waals surface area (Å²) in [5.74, 6) is -0.145. The SMILES string of the molecule is Cc1ccc2c(Cl)c(C(=O)NCC3(CO)CC3)sc2c1. The lowest BCUT2D eigenvalue weighted by atomic mass is 10.1. The summed E-state index contributed by atoms with van der Waals surface area (Å²) in [5.41, 5.74) is 1.06. The summed E-state index contributed by atoms with van der Waals surface area (Å²) in [4.78, 5) is 12.8. The van der Waals surface area contributed by atoms with E-state index >= 15 is 0 Å². The number of fused-ring (bicyclic) bond motifs is 1. The second-order valence-corrected chi connectivity index (χ2v) is 7.02. The van der Waals surface area contributed by atoms with Crippen LogP contribution in [0.5, 0.6) is 0 Å². The van der Waals surface area contributed by atoms with Crippen LogP contribution in [0, 0.1) is 12.3 Å². The van der Waals surface area contributed by atoms with Gasteiger partial charge in [-0.25, -0.2) is 0 Å². The highest BCUT2D eigenvalue weighted by Crippen LogP contribution is 2.44. The fourth-order valence-corrected chi connectivity index (χ4v) is 3.77. The van der Waals surface area contributed by atoms with Crippen molar-refractivity contribution in [2.75, 3.05) is 13.2 Å². The second-order valence-electron chi connectivity index (χ2n) is 5.59. The standard InChI is InChI=1S/C15H16ClNO2S/c1-9-2-3-10-11(6-9)20-13(12(10)16)14(19)17-7-15(8-18)4-5-15/h2-3,6,18H,4-5,7-8H2,1H3,(H,17,19). The number of hydrogen-bond acceptors (Lipinski definition) is 3. The summed E-state index contributed by atoms with van der Waals surface area (Å²) in [5, 5.41) is 13.6. The number of thiophene rings is 1. The van der Waals surface area contributed by atoms with E-state index in [1.165, 1.54) is 11.3 Å². The van der Waals surface area contributed by atoms with E-state index < -0.39 is 0 Å². The van der Waals surface area contributed by atoms with E-state index in [0.717, 1.165) is 28.5 Å². The van der Waals surface area contributed by atoms with E-state index in [0.29, 0.717) is 16.4 Å². The Hall–Kier alpha value is -1.10. The Labute approximate surface area is 126 Å². The number of amides is 1. The van der Waals surface area contributed by atoms with Crippen LogP contribution in [0.4, 0.5) is 0 Å². The average Bonchev–Trinajstić information content (AvgIpc) is 3.15. The molecular weight excluding hydrogens is 294 g/mol. The van der Waals surface area contributed by atoms with Crippen LogP contribution in [-0.4, -0.2) is 24.2 Å². The Balaban J connectivity index is 1.82. The van der Waals surface area contributed by atoms with Crippen LogP contribution >= 0.6 is 22.9 Å². The zero-order valence-electron chi connectivity index (χ0n) is 11.2. The van der Waals surface area contributed by atoms with Crippen molar-refractivity contribution in [3.8, 4) is 0 Å². The molecule has 0 bridgehead atoms. The first-order valence-corrected chi connectivity index (χ1v) is 7.82. The van der Waals surface area contributed by atoms with Crippen molar-refractivity contribution >= 4 is 38.9 Å². The van der Waals surface area contributed by atoms with Gasteiger partial charge in [-0.1, -0.05) is 23.7 Å². The van der Waals surface area contributed by atoms with Gasteiger partial charge in [0.2, 0.25) is 0 Å². The van der Waals surface area contributed by atoms with Crippen molar-refractivity contribution in [1.82, 2.24) is 5.32 Å². The highest BCUT2D eigenvalue weighted by molar-refractivity contribution is 7.21. The minimum absolute atomic E-state index is 0.0879. The summed E-state index contributed by atoms with van der Waals surface area (Å²) >= 11 is 7.72. The molecule has 5 heteroatoms. The Bertz CT molecular complexity index is 676. The summed E-state index contributed by atoms with van der Waals surface area (Å²) in [6.45, 7) is 2.67. The third-order valence-corrected chi connectivity index (χ3v) is 5.56. The number of hydrogen-bond donors (Lipinski definition) is 2. The van der Waals surface area contributed by atoms with Gasteiger partial charge in [0.05, 0.1) is 11.6 Å².